The first-order valence-electron chi connectivity index (χ1n) is 21.4. The van der Waals surface area contributed by atoms with Gasteiger partial charge in [-0.25, -0.2) is 0 Å². The molecule has 6 rings (SSSR count). The smallest absolute Gasteiger partial charge is 0.307 e. The number of carbonyl (C=O) groups excluding carboxylic acids is 2. The molecule has 2 amide bonds. The Bertz CT molecular complexity index is 1130. The molecule has 10 heteroatoms. The summed E-state index contributed by atoms with van der Waals surface area (Å²) in [5.41, 5.74) is 0. The number of alkyl halides is 2. The van der Waals surface area contributed by atoms with Crippen molar-refractivity contribution in [2.75, 3.05) is 0 Å². The summed E-state index contributed by atoms with van der Waals surface area (Å²) in [5.74, 6) is -1.23. The first-order chi connectivity index (χ1) is 25.0. The Balaban J connectivity index is 0.934. The normalized spacial score (nSPS) is 39.7. The highest BCUT2D eigenvalue weighted by molar-refractivity contribution is 6.21. The van der Waals surface area contributed by atoms with Crippen LogP contribution < -0.4 is 10.6 Å². The molecular formula is C42H66Cl2N2O6. The van der Waals surface area contributed by atoms with Gasteiger partial charge < -0.3 is 20.8 Å². The molecule has 8 nitrogen and oxygen atoms in total. The predicted molar refractivity (Wildman–Crippen MR) is 204 cm³/mol. The topological polar surface area (TPSA) is 133 Å². The average Bonchev–Trinajstić information content (AvgIpc) is 3.14. The second-order valence-electron chi connectivity index (χ2n) is 18.3. The van der Waals surface area contributed by atoms with Gasteiger partial charge in [-0.15, -0.1) is 23.2 Å². The summed E-state index contributed by atoms with van der Waals surface area (Å²) in [4.78, 5) is 51.7. The maximum atomic E-state index is 13.5. The highest BCUT2D eigenvalue weighted by Gasteiger charge is 2.44. The van der Waals surface area contributed by atoms with Crippen molar-refractivity contribution in [2.24, 2.45) is 59.2 Å². The van der Waals surface area contributed by atoms with Gasteiger partial charge >= 0.3 is 11.9 Å². The van der Waals surface area contributed by atoms with E-state index in [1.54, 1.807) is 0 Å². The Morgan fingerprint density at radius 3 is 1.17 bits per heavy atom. The average molecular weight is 766 g/mol. The van der Waals surface area contributed by atoms with E-state index in [4.69, 9.17) is 23.2 Å². The van der Waals surface area contributed by atoms with Crippen LogP contribution in [-0.4, -0.2) is 56.8 Å². The number of halogens is 2. The molecule has 52 heavy (non-hydrogen) atoms. The molecule has 0 aromatic heterocycles. The number of hydrogen-bond acceptors (Lipinski definition) is 4. The maximum Gasteiger partial charge on any atom is 0.307 e. The van der Waals surface area contributed by atoms with Crippen molar-refractivity contribution in [2.45, 2.75) is 177 Å². The molecule has 294 valence electrons. The number of carboxylic acid groups (broad SMARTS) is 2. The van der Waals surface area contributed by atoms with Crippen LogP contribution in [0.5, 0.6) is 0 Å². The van der Waals surface area contributed by atoms with E-state index in [0.717, 1.165) is 64.2 Å². The van der Waals surface area contributed by atoms with E-state index < -0.39 is 35.6 Å². The summed E-state index contributed by atoms with van der Waals surface area (Å²) in [6, 6.07) is -0.329. The molecule has 12 atom stereocenters. The van der Waals surface area contributed by atoms with Crippen molar-refractivity contribution in [3.63, 3.8) is 0 Å². The minimum absolute atomic E-state index is 0.141. The molecule has 0 heterocycles. The lowest BCUT2D eigenvalue weighted by molar-refractivity contribution is -0.150. The lowest BCUT2D eigenvalue weighted by Crippen LogP contribution is -2.52. The number of carbonyl (C=O) groups is 4. The Kier molecular flexibility index (Phi) is 14.6. The van der Waals surface area contributed by atoms with E-state index >= 15 is 0 Å². The summed E-state index contributed by atoms with van der Waals surface area (Å²) in [7, 11) is 0. The third-order valence-corrected chi connectivity index (χ3v) is 15.9. The fraction of sp³-hybridized carbons (Fsp3) is 0.905. The summed E-state index contributed by atoms with van der Waals surface area (Å²) in [6.45, 7) is 0. The largest absolute Gasteiger partial charge is 0.481 e. The van der Waals surface area contributed by atoms with Gasteiger partial charge in [-0.05, 0) is 125 Å². The molecule has 0 saturated heterocycles. The predicted octanol–water partition coefficient (Wildman–Crippen LogP) is 8.95. The first-order valence-corrected chi connectivity index (χ1v) is 22.3. The van der Waals surface area contributed by atoms with Gasteiger partial charge in [0, 0.05) is 12.1 Å². The monoisotopic (exact) mass is 764 g/mol. The summed E-state index contributed by atoms with van der Waals surface area (Å²) < 4.78 is 0. The summed E-state index contributed by atoms with van der Waals surface area (Å²) >= 11 is 13.9. The number of carboxylic acids is 2. The molecular weight excluding hydrogens is 699 g/mol. The van der Waals surface area contributed by atoms with Crippen LogP contribution in [0.15, 0.2) is 0 Å². The van der Waals surface area contributed by atoms with Gasteiger partial charge in [0.05, 0.1) is 34.4 Å². The van der Waals surface area contributed by atoms with Crippen molar-refractivity contribution in [3.8, 4) is 0 Å². The van der Waals surface area contributed by atoms with Gasteiger partial charge in [-0.2, -0.15) is 0 Å². The molecule has 0 aliphatic heterocycles. The van der Waals surface area contributed by atoms with Crippen molar-refractivity contribution in [1.82, 2.24) is 10.6 Å². The molecule has 6 aliphatic carbocycles. The number of hydrogen-bond donors (Lipinski definition) is 4. The molecule has 0 spiro atoms. The van der Waals surface area contributed by atoms with Crippen LogP contribution in [-0.2, 0) is 19.2 Å². The fourth-order valence-electron chi connectivity index (χ4n) is 12.0. The second kappa shape index (κ2) is 18.9. The molecule has 12 unspecified atom stereocenters. The standard InChI is InChI=1S/C42H66Cl2N2O6/c43-35-23-29(13-17-37(35)45-39(47)31-15-11-27(21-33(31)41(49)50)19-25-7-3-1-4-8-25)30-14-18-38(36(44)24-30)46-40(48)32-16-12-28(22-34(32)42(51)52)20-26-9-5-2-6-10-26/h25-38H,1-24H2,(H,45,47)(H,46,48)(H,49,50)(H,51,52). The van der Waals surface area contributed by atoms with E-state index in [2.05, 4.69) is 10.6 Å². The van der Waals surface area contributed by atoms with Crippen LogP contribution >= 0.6 is 23.2 Å². The van der Waals surface area contributed by atoms with E-state index in [0.29, 0.717) is 61.2 Å². The van der Waals surface area contributed by atoms with Crippen molar-refractivity contribution in [1.29, 1.82) is 0 Å². The van der Waals surface area contributed by atoms with Crippen LogP contribution in [0.2, 0.25) is 0 Å². The molecule has 6 fully saturated rings. The van der Waals surface area contributed by atoms with Crippen molar-refractivity contribution in [3.05, 3.63) is 0 Å². The SMILES string of the molecule is O=C(O)C1CC(CC2CCCCC2)CCC1C(=O)NC1CCC(C2CCC(NC(=O)C3CCC(CC4CCCCC4)CC3C(=O)O)C(Cl)C2)CC1Cl. The minimum Gasteiger partial charge on any atom is -0.481 e. The highest BCUT2D eigenvalue weighted by atomic mass is 35.5. The maximum absolute atomic E-state index is 13.5. The summed E-state index contributed by atoms with van der Waals surface area (Å²) in [6.07, 6.45) is 24.3. The van der Waals surface area contributed by atoms with Crippen molar-refractivity contribution >= 4 is 47.0 Å². The fourth-order valence-corrected chi connectivity index (χ4v) is 12.8. The summed E-state index contributed by atoms with van der Waals surface area (Å²) in [5, 5.41) is 26.2. The second-order valence-corrected chi connectivity index (χ2v) is 19.5. The van der Waals surface area contributed by atoms with Gasteiger partial charge in [-0.3, -0.25) is 19.2 Å². The zero-order chi connectivity index (χ0) is 36.8. The van der Waals surface area contributed by atoms with E-state index in [1.807, 2.05) is 0 Å². The van der Waals surface area contributed by atoms with E-state index in [-0.39, 0.29) is 34.7 Å². The lowest BCUT2D eigenvalue weighted by Gasteiger charge is -2.42. The number of amides is 2. The Morgan fingerprint density at radius 2 is 0.827 bits per heavy atom. The van der Waals surface area contributed by atoms with Gasteiger partial charge in [0.15, 0.2) is 0 Å². The quantitative estimate of drug-likeness (QED) is 0.155. The third kappa shape index (κ3) is 10.4. The van der Waals surface area contributed by atoms with Crippen LogP contribution in [0, 0.1) is 59.2 Å². The van der Waals surface area contributed by atoms with Gasteiger partial charge in [0.2, 0.25) is 11.8 Å². The lowest BCUT2D eigenvalue weighted by atomic mass is 9.69. The van der Waals surface area contributed by atoms with E-state index in [9.17, 15) is 29.4 Å². The van der Waals surface area contributed by atoms with Crippen molar-refractivity contribution < 1.29 is 29.4 Å². The van der Waals surface area contributed by atoms with Gasteiger partial charge in [0.25, 0.3) is 0 Å². The van der Waals surface area contributed by atoms with Crippen LogP contribution in [0.1, 0.15) is 154 Å². The molecule has 0 radical (unpaired) electrons. The van der Waals surface area contributed by atoms with Crippen LogP contribution in [0.25, 0.3) is 0 Å². The molecule has 0 aromatic carbocycles. The van der Waals surface area contributed by atoms with Gasteiger partial charge in [0.1, 0.15) is 0 Å². The zero-order valence-electron chi connectivity index (χ0n) is 31.3. The Hall–Kier alpha value is -1.54. The minimum atomic E-state index is -0.846. The Morgan fingerprint density at radius 1 is 0.442 bits per heavy atom. The van der Waals surface area contributed by atoms with E-state index in [1.165, 1.54) is 64.2 Å². The third-order valence-electron chi connectivity index (χ3n) is 15.0. The number of nitrogens with one attached hydrogen (secondary N) is 2. The molecule has 0 aromatic rings. The molecule has 6 saturated carbocycles. The highest BCUT2D eigenvalue weighted by Crippen LogP contribution is 2.44. The van der Waals surface area contributed by atoms with Crippen LogP contribution in [0.3, 0.4) is 0 Å². The van der Waals surface area contributed by atoms with Crippen LogP contribution in [0.4, 0.5) is 0 Å². The number of rotatable bonds is 11. The first kappa shape index (κ1) is 40.1. The molecule has 0 bridgehead atoms. The number of aliphatic carboxylic acids is 2. The molecule has 4 N–H and O–H groups in total. The Labute approximate surface area is 322 Å². The molecule has 6 aliphatic rings. The van der Waals surface area contributed by atoms with Gasteiger partial charge in [-0.1, -0.05) is 64.2 Å². The zero-order valence-corrected chi connectivity index (χ0v) is 32.8.